The van der Waals surface area contributed by atoms with Gasteiger partial charge in [0, 0.05) is 6.42 Å². The summed E-state index contributed by atoms with van der Waals surface area (Å²) in [6.45, 7) is 4.23. The Balaban J connectivity index is 2.65. The van der Waals surface area contributed by atoms with E-state index in [1.165, 1.54) is 12.1 Å². The molecule has 0 atom stereocenters. The number of hydrogen-bond donors (Lipinski definition) is 0. The van der Waals surface area contributed by atoms with Crippen LogP contribution < -0.4 is 4.74 Å². The van der Waals surface area contributed by atoms with E-state index in [9.17, 15) is 9.18 Å². The minimum atomic E-state index is -0.258. The third kappa shape index (κ3) is 4.98. The van der Waals surface area contributed by atoms with Crippen LogP contribution >= 0.6 is 0 Å². The molecule has 1 rings (SSSR count). The van der Waals surface area contributed by atoms with Crippen LogP contribution in [-0.2, 0) is 11.2 Å². The first-order valence-electron chi connectivity index (χ1n) is 6.04. The summed E-state index contributed by atoms with van der Waals surface area (Å²) in [5.74, 6) is 0.640. The summed E-state index contributed by atoms with van der Waals surface area (Å²) >= 11 is 0. The number of ketones is 1. The summed E-state index contributed by atoms with van der Waals surface area (Å²) in [6, 6.07) is 4.55. The maximum absolute atomic E-state index is 13.1. The zero-order chi connectivity index (χ0) is 12.7. The van der Waals surface area contributed by atoms with E-state index in [4.69, 9.17) is 4.74 Å². The minimum Gasteiger partial charge on any atom is -0.493 e. The second-order valence-corrected chi connectivity index (χ2v) is 4.16. The number of aryl methyl sites for hydroxylation is 1. The molecule has 0 aliphatic heterocycles. The number of Topliss-reactive ketones (excluding diaryl/α,β-unsaturated/α-hetero) is 1. The van der Waals surface area contributed by atoms with Gasteiger partial charge >= 0.3 is 0 Å². The van der Waals surface area contributed by atoms with Crippen LogP contribution in [0.25, 0.3) is 0 Å². The number of hydrogen-bond acceptors (Lipinski definition) is 2. The van der Waals surface area contributed by atoms with Crippen molar-refractivity contribution in [1.82, 2.24) is 0 Å². The Morgan fingerprint density at radius 1 is 1.41 bits per heavy atom. The van der Waals surface area contributed by atoms with Gasteiger partial charge in [-0.25, -0.2) is 4.39 Å². The van der Waals surface area contributed by atoms with E-state index in [2.05, 4.69) is 0 Å². The molecule has 94 valence electrons. The SMILES string of the molecule is CCCOc1ccc(F)cc1CCCC(C)=O. The molecule has 0 heterocycles. The molecule has 0 fully saturated rings. The third-order valence-corrected chi connectivity index (χ3v) is 2.46. The number of benzene rings is 1. The predicted octanol–water partition coefficient (Wildman–Crippen LogP) is 3.53. The monoisotopic (exact) mass is 238 g/mol. The summed E-state index contributed by atoms with van der Waals surface area (Å²) in [5, 5.41) is 0. The first-order valence-corrected chi connectivity index (χ1v) is 6.04. The molecule has 2 nitrogen and oxygen atoms in total. The van der Waals surface area contributed by atoms with Gasteiger partial charge in [-0.1, -0.05) is 6.92 Å². The number of carbonyl (C=O) groups is 1. The van der Waals surface area contributed by atoms with Crippen molar-refractivity contribution in [2.45, 2.75) is 39.5 Å². The molecule has 0 aromatic heterocycles. The van der Waals surface area contributed by atoms with E-state index in [0.717, 1.165) is 24.2 Å². The van der Waals surface area contributed by atoms with Crippen molar-refractivity contribution in [1.29, 1.82) is 0 Å². The first kappa shape index (κ1) is 13.7. The van der Waals surface area contributed by atoms with Gasteiger partial charge in [-0.2, -0.15) is 0 Å². The molecule has 3 heteroatoms. The topological polar surface area (TPSA) is 26.3 Å². The van der Waals surface area contributed by atoms with Crippen molar-refractivity contribution in [2.75, 3.05) is 6.61 Å². The molecule has 0 aliphatic carbocycles. The van der Waals surface area contributed by atoms with E-state index in [1.807, 2.05) is 6.92 Å². The average Bonchev–Trinajstić information content (AvgIpc) is 2.27. The van der Waals surface area contributed by atoms with E-state index in [0.29, 0.717) is 19.4 Å². The predicted molar refractivity (Wildman–Crippen MR) is 65.8 cm³/mol. The lowest BCUT2D eigenvalue weighted by Crippen LogP contribution is -2.00. The van der Waals surface area contributed by atoms with Crippen molar-refractivity contribution in [3.63, 3.8) is 0 Å². The third-order valence-electron chi connectivity index (χ3n) is 2.46. The molecular weight excluding hydrogens is 219 g/mol. The van der Waals surface area contributed by atoms with E-state index in [-0.39, 0.29) is 11.6 Å². The van der Waals surface area contributed by atoms with Gasteiger partial charge in [0.2, 0.25) is 0 Å². The van der Waals surface area contributed by atoms with Crippen LogP contribution in [0.3, 0.4) is 0 Å². The van der Waals surface area contributed by atoms with Crippen LogP contribution in [0.15, 0.2) is 18.2 Å². The fourth-order valence-electron chi connectivity index (χ4n) is 1.62. The highest BCUT2D eigenvalue weighted by molar-refractivity contribution is 5.75. The summed E-state index contributed by atoms with van der Waals surface area (Å²) < 4.78 is 18.7. The highest BCUT2D eigenvalue weighted by Crippen LogP contribution is 2.22. The van der Waals surface area contributed by atoms with Crippen molar-refractivity contribution >= 4 is 5.78 Å². The molecule has 0 spiro atoms. The zero-order valence-corrected chi connectivity index (χ0v) is 10.5. The lowest BCUT2D eigenvalue weighted by atomic mass is 10.1. The van der Waals surface area contributed by atoms with Crippen LogP contribution in [0.5, 0.6) is 5.75 Å². The molecule has 0 unspecified atom stereocenters. The van der Waals surface area contributed by atoms with Crippen LogP contribution in [0.4, 0.5) is 4.39 Å². The van der Waals surface area contributed by atoms with Gasteiger partial charge in [-0.05, 0) is 49.9 Å². The molecule has 0 radical (unpaired) electrons. The Morgan fingerprint density at radius 2 is 2.18 bits per heavy atom. The van der Waals surface area contributed by atoms with Crippen molar-refractivity contribution in [2.24, 2.45) is 0 Å². The number of ether oxygens (including phenoxy) is 1. The van der Waals surface area contributed by atoms with Gasteiger partial charge < -0.3 is 9.53 Å². The largest absolute Gasteiger partial charge is 0.493 e. The van der Waals surface area contributed by atoms with Gasteiger partial charge in [-0.3, -0.25) is 0 Å². The molecule has 0 amide bonds. The molecular formula is C14H19FO2. The van der Waals surface area contributed by atoms with Gasteiger partial charge in [0.15, 0.2) is 0 Å². The van der Waals surface area contributed by atoms with Gasteiger partial charge in [-0.15, -0.1) is 0 Å². The van der Waals surface area contributed by atoms with Crippen LogP contribution in [0.2, 0.25) is 0 Å². The van der Waals surface area contributed by atoms with Crippen LogP contribution in [0, 0.1) is 5.82 Å². The summed E-state index contributed by atoms with van der Waals surface area (Å²) in [6.07, 6.45) is 2.87. The Hall–Kier alpha value is -1.38. The Kier molecular flexibility index (Phi) is 5.67. The van der Waals surface area contributed by atoms with Crippen molar-refractivity contribution in [3.8, 4) is 5.75 Å². The molecule has 1 aromatic rings. The van der Waals surface area contributed by atoms with Crippen molar-refractivity contribution in [3.05, 3.63) is 29.6 Å². The van der Waals surface area contributed by atoms with Crippen molar-refractivity contribution < 1.29 is 13.9 Å². The maximum Gasteiger partial charge on any atom is 0.129 e. The molecule has 0 aliphatic rings. The summed E-state index contributed by atoms with van der Waals surface area (Å²) in [5.41, 5.74) is 0.847. The van der Waals surface area contributed by atoms with Crippen LogP contribution in [0.1, 0.15) is 38.7 Å². The standard InChI is InChI=1S/C14H19FO2/c1-3-9-17-14-8-7-13(15)10-12(14)6-4-5-11(2)16/h7-8,10H,3-6,9H2,1-2H3. The fourth-order valence-corrected chi connectivity index (χ4v) is 1.62. The van der Waals surface area contributed by atoms with E-state index >= 15 is 0 Å². The molecule has 1 aromatic carbocycles. The lowest BCUT2D eigenvalue weighted by Gasteiger charge is -2.10. The van der Waals surface area contributed by atoms with Gasteiger partial charge in [0.25, 0.3) is 0 Å². The highest BCUT2D eigenvalue weighted by Gasteiger charge is 2.06. The smallest absolute Gasteiger partial charge is 0.129 e. The molecule has 0 saturated carbocycles. The second kappa shape index (κ2) is 7.05. The summed E-state index contributed by atoms with van der Waals surface area (Å²) in [7, 11) is 0. The van der Waals surface area contributed by atoms with E-state index in [1.54, 1.807) is 13.0 Å². The zero-order valence-electron chi connectivity index (χ0n) is 10.5. The summed E-state index contributed by atoms with van der Waals surface area (Å²) in [4.78, 5) is 10.9. The van der Waals surface area contributed by atoms with E-state index < -0.39 is 0 Å². The Bertz CT molecular complexity index is 374. The molecule has 0 N–H and O–H groups in total. The Morgan fingerprint density at radius 3 is 2.82 bits per heavy atom. The average molecular weight is 238 g/mol. The molecule has 0 bridgehead atoms. The maximum atomic E-state index is 13.1. The first-order chi connectivity index (χ1) is 8.13. The van der Waals surface area contributed by atoms with Gasteiger partial charge in [0.05, 0.1) is 6.61 Å². The molecule has 0 saturated heterocycles. The second-order valence-electron chi connectivity index (χ2n) is 4.16. The number of halogens is 1. The molecule has 17 heavy (non-hydrogen) atoms. The fraction of sp³-hybridized carbons (Fsp3) is 0.500. The van der Waals surface area contributed by atoms with Gasteiger partial charge in [0.1, 0.15) is 17.3 Å². The van der Waals surface area contributed by atoms with Crippen LogP contribution in [-0.4, -0.2) is 12.4 Å². The Labute approximate surface area is 102 Å². The number of rotatable bonds is 7. The normalized spacial score (nSPS) is 10.3. The minimum absolute atomic E-state index is 0.164. The quantitative estimate of drug-likeness (QED) is 0.726. The number of carbonyl (C=O) groups excluding carboxylic acids is 1. The highest BCUT2D eigenvalue weighted by atomic mass is 19.1. The lowest BCUT2D eigenvalue weighted by molar-refractivity contribution is -0.117.